The van der Waals surface area contributed by atoms with Crippen LogP contribution in [0, 0.1) is 11.3 Å². The lowest BCUT2D eigenvalue weighted by Gasteiger charge is -2.07. The summed E-state index contributed by atoms with van der Waals surface area (Å²) in [4.78, 5) is 3.50. The number of nitriles is 1. The smallest absolute Gasteiger partial charge is 0.281 e. The zero-order chi connectivity index (χ0) is 10.7. The highest BCUT2D eigenvalue weighted by Gasteiger charge is 2.18. The van der Waals surface area contributed by atoms with Crippen molar-refractivity contribution in [1.29, 1.82) is 5.26 Å². The van der Waals surface area contributed by atoms with Gasteiger partial charge < -0.3 is 5.73 Å². The van der Waals surface area contributed by atoms with Gasteiger partial charge in [-0.1, -0.05) is 15.9 Å². The van der Waals surface area contributed by atoms with Crippen LogP contribution in [0.4, 0.5) is 14.5 Å². The van der Waals surface area contributed by atoms with Gasteiger partial charge in [0.1, 0.15) is 17.3 Å². The number of pyridine rings is 1. The summed E-state index contributed by atoms with van der Waals surface area (Å²) in [5.41, 5.74) is 5.32. The summed E-state index contributed by atoms with van der Waals surface area (Å²) < 4.78 is 24.7. The molecule has 0 aliphatic heterocycles. The highest BCUT2D eigenvalue weighted by Crippen LogP contribution is 2.27. The summed E-state index contributed by atoms with van der Waals surface area (Å²) in [6.07, 6.45) is -1.54. The van der Waals surface area contributed by atoms with Gasteiger partial charge in [0, 0.05) is 17.1 Å². The third kappa shape index (κ3) is 1.82. The van der Waals surface area contributed by atoms with E-state index in [-0.39, 0.29) is 11.3 Å². The molecule has 0 aliphatic carbocycles. The molecule has 6 heteroatoms. The van der Waals surface area contributed by atoms with Gasteiger partial charge in [-0.05, 0) is 0 Å². The molecule has 0 amide bonds. The maximum Gasteiger partial charge on any atom is 0.281 e. The Bertz CT molecular complexity index is 387. The van der Waals surface area contributed by atoms with Gasteiger partial charge in [-0.2, -0.15) is 5.26 Å². The third-order valence-corrected chi connectivity index (χ3v) is 2.30. The molecule has 0 saturated carbocycles. The zero-order valence-electron chi connectivity index (χ0n) is 6.97. The van der Waals surface area contributed by atoms with Crippen molar-refractivity contribution in [3.8, 4) is 6.07 Å². The lowest BCUT2D eigenvalue weighted by molar-refractivity contribution is 0.146. The van der Waals surface area contributed by atoms with Crippen molar-refractivity contribution in [3.05, 3.63) is 23.0 Å². The van der Waals surface area contributed by atoms with E-state index in [4.69, 9.17) is 11.0 Å². The Morgan fingerprint density at radius 3 is 2.71 bits per heavy atom. The molecule has 1 aromatic heterocycles. The predicted molar refractivity (Wildman–Crippen MR) is 51.0 cm³/mol. The van der Waals surface area contributed by atoms with Crippen LogP contribution < -0.4 is 5.73 Å². The second-order valence-electron chi connectivity index (χ2n) is 2.50. The van der Waals surface area contributed by atoms with Gasteiger partial charge in [0.2, 0.25) is 0 Å². The number of halogens is 3. The average Bonchev–Trinajstić information content (AvgIpc) is 2.17. The molecule has 0 aromatic carbocycles. The van der Waals surface area contributed by atoms with Crippen LogP contribution in [0.15, 0.2) is 6.20 Å². The number of aromatic nitrogens is 1. The molecular weight excluding hydrogens is 256 g/mol. The van der Waals surface area contributed by atoms with E-state index in [0.29, 0.717) is 10.9 Å². The summed E-state index contributed by atoms with van der Waals surface area (Å²) in [5, 5.41) is 9.03. The summed E-state index contributed by atoms with van der Waals surface area (Å²) in [6, 6.07) is 1.63. The molecule has 1 aromatic rings. The van der Waals surface area contributed by atoms with Crippen LogP contribution in [0.5, 0.6) is 0 Å². The lowest BCUT2D eigenvalue weighted by atomic mass is 10.1. The van der Waals surface area contributed by atoms with Crippen LogP contribution in [0.1, 0.15) is 23.2 Å². The van der Waals surface area contributed by atoms with E-state index in [2.05, 4.69) is 20.9 Å². The molecule has 1 heterocycles. The van der Waals surface area contributed by atoms with Gasteiger partial charge >= 0.3 is 0 Å². The van der Waals surface area contributed by atoms with Gasteiger partial charge in [0.05, 0.1) is 5.69 Å². The van der Waals surface area contributed by atoms with Crippen LogP contribution in [0.3, 0.4) is 0 Å². The van der Waals surface area contributed by atoms with Crippen molar-refractivity contribution in [2.75, 3.05) is 5.73 Å². The normalized spacial score (nSPS) is 10.2. The summed E-state index contributed by atoms with van der Waals surface area (Å²) in [6.45, 7) is 0. The molecular formula is C8H6BrF2N3. The Labute approximate surface area is 87.7 Å². The van der Waals surface area contributed by atoms with E-state index in [1.165, 1.54) is 6.20 Å². The molecule has 0 spiro atoms. The van der Waals surface area contributed by atoms with Crippen molar-refractivity contribution < 1.29 is 8.78 Å². The number of nitrogens with zero attached hydrogens (tertiary/aromatic N) is 2. The standard InChI is InChI=1S/C8H6BrF2N3/c9-1-4-3-14-7(8(10)11)5(2-12)6(4)13/h3,8H,1H2,(H2,13,14). The van der Waals surface area contributed by atoms with Crippen molar-refractivity contribution in [2.45, 2.75) is 11.8 Å². The largest absolute Gasteiger partial charge is 0.397 e. The minimum atomic E-state index is -2.78. The molecule has 74 valence electrons. The van der Waals surface area contributed by atoms with Gasteiger partial charge in [0.25, 0.3) is 6.43 Å². The van der Waals surface area contributed by atoms with Gasteiger partial charge in [-0.25, -0.2) is 8.78 Å². The maximum atomic E-state index is 12.3. The minimum Gasteiger partial charge on any atom is -0.397 e. The minimum absolute atomic E-state index is 0.0645. The van der Waals surface area contributed by atoms with Crippen LogP contribution in [-0.2, 0) is 5.33 Å². The third-order valence-electron chi connectivity index (χ3n) is 1.69. The number of rotatable bonds is 2. The Morgan fingerprint density at radius 2 is 2.29 bits per heavy atom. The number of nitrogens with two attached hydrogens (primary N) is 1. The Hall–Kier alpha value is -1.22. The van der Waals surface area contributed by atoms with Gasteiger partial charge in [-0.15, -0.1) is 0 Å². The van der Waals surface area contributed by atoms with E-state index in [9.17, 15) is 8.78 Å². The topological polar surface area (TPSA) is 62.7 Å². The summed E-state index contributed by atoms with van der Waals surface area (Å²) >= 11 is 3.12. The highest BCUT2D eigenvalue weighted by atomic mass is 79.9. The quantitative estimate of drug-likeness (QED) is 0.832. The molecule has 14 heavy (non-hydrogen) atoms. The van der Waals surface area contributed by atoms with Crippen LogP contribution >= 0.6 is 15.9 Å². The molecule has 0 radical (unpaired) electrons. The second kappa shape index (κ2) is 4.33. The Kier molecular flexibility index (Phi) is 3.36. The van der Waals surface area contributed by atoms with Crippen LogP contribution in [-0.4, -0.2) is 4.98 Å². The molecule has 0 fully saturated rings. The molecule has 1 rings (SSSR count). The van der Waals surface area contributed by atoms with Crippen molar-refractivity contribution >= 4 is 21.6 Å². The molecule has 0 aliphatic rings. The first-order chi connectivity index (χ1) is 6.61. The van der Waals surface area contributed by atoms with Crippen molar-refractivity contribution in [2.24, 2.45) is 0 Å². The number of nitrogen functional groups attached to an aromatic ring is 1. The van der Waals surface area contributed by atoms with E-state index in [1.807, 2.05) is 0 Å². The maximum absolute atomic E-state index is 12.3. The molecule has 0 saturated heterocycles. The SMILES string of the molecule is N#Cc1c(C(F)F)ncc(CBr)c1N. The van der Waals surface area contributed by atoms with Gasteiger partial charge in [-0.3, -0.25) is 4.98 Å². The first-order valence-electron chi connectivity index (χ1n) is 3.63. The molecule has 0 unspecified atom stereocenters. The van der Waals surface area contributed by atoms with E-state index >= 15 is 0 Å². The van der Waals surface area contributed by atoms with Crippen molar-refractivity contribution in [1.82, 2.24) is 4.98 Å². The Balaban J connectivity index is 3.38. The fourth-order valence-electron chi connectivity index (χ4n) is 0.970. The zero-order valence-corrected chi connectivity index (χ0v) is 8.55. The van der Waals surface area contributed by atoms with E-state index in [0.717, 1.165) is 0 Å². The monoisotopic (exact) mass is 261 g/mol. The second-order valence-corrected chi connectivity index (χ2v) is 3.06. The number of alkyl halides is 3. The van der Waals surface area contributed by atoms with Crippen LogP contribution in [0.2, 0.25) is 0 Å². The van der Waals surface area contributed by atoms with E-state index in [1.54, 1.807) is 6.07 Å². The number of anilines is 1. The lowest BCUT2D eigenvalue weighted by Crippen LogP contribution is -2.03. The predicted octanol–water partition coefficient (Wildman–Crippen LogP) is 2.37. The van der Waals surface area contributed by atoms with E-state index < -0.39 is 12.1 Å². The molecule has 2 N–H and O–H groups in total. The average molecular weight is 262 g/mol. The summed E-state index contributed by atoms with van der Waals surface area (Å²) in [5.74, 6) is 0. The highest BCUT2D eigenvalue weighted by molar-refractivity contribution is 9.08. The number of hydrogen-bond donors (Lipinski definition) is 1. The molecule has 3 nitrogen and oxygen atoms in total. The first kappa shape index (κ1) is 10.9. The molecule has 0 atom stereocenters. The fourth-order valence-corrected chi connectivity index (χ4v) is 1.42. The van der Waals surface area contributed by atoms with Crippen LogP contribution in [0.25, 0.3) is 0 Å². The molecule has 0 bridgehead atoms. The van der Waals surface area contributed by atoms with Gasteiger partial charge in [0.15, 0.2) is 0 Å². The Morgan fingerprint density at radius 1 is 1.64 bits per heavy atom. The number of hydrogen-bond acceptors (Lipinski definition) is 3. The summed E-state index contributed by atoms with van der Waals surface area (Å²) in [7, 11) is 0. The van der Waals surface area contributed by atoms with Crippen molar-refractivity contribution in [3.63, 3.8) is 0 Å². The first-order valence-corrected chi connectivity index (χ1v) is 4.75. The fraction of sp³-hybridized carbons (Fsp3) is 0.250.